The molecule has 1 heterocycles. The largest absolute Gasteiger partial charge is 0.475 e. The first-order valence-electron chi connectivity index (χ1n) is 9.50. The first-order valence-corrected chi connectivity index (χ1v) is 10.3. The maximum Gasteiger partial charge on any atom is 0.475 e. The van der Waals surface area contributed by atoms with Crippen molar-refractivity contribution in [2.45, 2.75) is 38.7 Å². The predicted molar refractivity (Wildman–Crippen MR) is 117 cm³/mol. The van der Waals surface area contributed by atoms with Gasteiger partial charge in [-0.25, -0.2) is 4.98 Å². The van der Waals surface area contributed by atoms with E-state index in [1.165, 1.54) is 12.1 Å². The van der Waals surface area contributed by atoms with Crippen molar-refractivity contribution in [1.29, 1.82) is 0 Å². The molecule has 0 aliphatic heterocycles. The topological polar surface area (TPSA) is 112 Å². The van der Waals surface area contributed by atoms with Crippen molar-refractivity contribution in [2.24, 2.45) is 5.92 Å². The lowest BCUT2D eigenvalue weighted by Crippen LogP contribution is -2.55. The summed E-state index contributed by atoms with van der Waals surface area (Å²) in [6, 6.07) is 11.0. The Morgan fingerprint density at radius 3 is 2.33 bits per heavy atom. The van der Waals surface area contributed by atoms with Gasteiger partial charge in [-0.05, 0) is 30.0 Å². The van der Waals surface area contributed by atoms with Crippen molar-refractivity contribution < 1.29 is 19.6 Å². The molecule has 0 saturated carbocycles. The van der Waals surface area contributed by atoms with Crippen LogP contribution in [0.15, 0.2) is 42.5 Å². The molecule has 0 aliphatic carbocycles. The van der Waals surface area contributed by atoms with Crippen LogP contribution < -0.4 is 10.6 Å². The maximum absolute atomic E-state index is 12.9. The van der Waals surface area contributed by atoms with Crippen molar-refractivity contribution in [3.05, 3.63) is 63.9 Å². The molecule has 1 aromatic carbocycles. The van der Waals surface area contributed by atoms with Crippen LogP contribution in [0.25, 0.3) is 0 Å². The molecule has 0 radical (unpaired) electrons. The summed E-state index contributed by atoms with van der Waals surface area (Å²) in [6.45, 7) is 3.80. The van der Waals surface area contributed by atoms with Crippen LogP contribution in [0.2, 0.25) is 10.2 Å². The molecule has 2 amide bonds. The lowest BCUT2D eigenvalue weighted by Gasteiger charge is -2.24. The number of rotatable bonds is 9. The standard InChI is InChI=1S/C20H24BCl2N3O4/c1-12(2)10-16(21(29)30)25-19(27)15(11-13-6-4-3-5-7-13)24-20(28)18-14(22)8-9-17(23)26-18/h3-9,12,15-16,29-30H,10-11H2,1-2H3,(H,24,28)(H,25,27)/t15-,16-/m0/s1. The number of hydrogen-bond acceptors (Lipinski definition) is 5. The molecule has 0 saturated heterocycles. The zero-order valence-corrected chi connectivity index (χ0v) is 18.2. The van der Waals surface area contributed by atoms with Gasteiger partial charge in [0.25, 0.3) is 5.91 Å². The normalized spacial score (nSPS) is 12.9. The summed E-state index contributed by atoms with van der Waals surface area (Å²) in [5.74, 6) is -1.97. The summed E-state index contributed by atoms with van der Waals surface area (Å²) in [5, 5.41) is 24.7. The number of halogens is 2. The predicted octanol–water partition coefficient (Wildman–Crippen LogP) is 2.27. The first kappa shape index (κ1) is 24.1. The molecule has 10 heteroatoms. The third kappa shape index (κ3) is 7.29. The molecule has 4 N–H and O–H groups in total. The zero-order valence-electron chi connectivity index (χ0n) is 16.7. The highest BCUT2D eigenvalue weighted by Crippen LogP contribution is 2.17. The van der Waals surface area contributed by atoms with Gasteiger partial charge < -0.3 is 20.7 Å². The van der Waals surface area contributed by atoms with Crippen LogP contribution >= 0.6 is 23.2 Å². The van der Waals surface area contributed by atoms with E-state index in [4.69, 9.17) is 23.2 Å². The summed E-state index contributed by atoms with van der Waals surface area (Å²) in [4.78, 5) is 29.6. The molecule has 0 spiro atoms. The highest BCUT2D eigenvalue weighted by atomic mass is 35.5. The second-order valence-corrected chi connectivity index (χ2v) is 8.13. The van der Waals surface area contributed by atoms with E-state index in [1.54, 1.807) is 0 Å². The zero-order chi connectivity index (χ0) is 22.3. The van der Waals surface area contributed by atoms with E-state index < -0.39 is 30.9 Å². The van der Waals surface area contributed by atoms with Crippen LogP contribution in [0.3, 0.4) is 0 Å². The molecule has 0 fully saturated rings. The molecular weight excluding hydrogens is 428 g/mol. The van der Waals surface area contributed by atoms with Gasteiger partial charge in [0.05, 0.1) is 11.0 Å². The van der Waals surface area contributed by atoms with Crippen LogP contribution in [-0.2, 0) is 11.2 Å². The minimum atomic E-state index is -1.73. The van der Waals surface area contributed by atoms with Gasteiger partial charge in [0.2, 0.25) is 5.91 Å². The fourth-order valence-corrected chi connectivity index (χ4v) is 3.25. The number of nitrogens with one attached hydrogen (secondary N) is 2. The van der Waals surface area contributed by atoms with Crippen molar-refractivity contribution in [3.8, 4) is 0 Å². The monoisotopic (exact) mass is 451 g/mol. The Labute approximate surface area is 186 Å². The van der Waals surface area contributed by atoms with Crippen LogP contribution in [0.1, 0.15) is 36.3 Å². The van der Waals surface area contributed by atoms with Crippen molar-refractivity contribution in [1.82, 2.24) is 15.6 Å². The molecule has 0 unspecified atom stereocenters. The minimum absolute atomic E-state index is 0.0917. The van der Waals surface area contributed by atoms with Gasteiger partial charge in [0.15, 0.2) is 0 Å². The fourth-order valence-electron chi connectivity index (χ4n) is 2.91. The highest BCUT2D eigenvalue weighted by Gasteiger charge is 2.30. The molecule has 30 heavy (non-hydrogen) atoms. The average Bonchev–Trinajstić information content (AvgIpc) is 2.69. The highest BCUT2D eigenvalue weighted by molar-refractivity contribution is 6.43. The quantitative estimate of drug-likeness (QED) is 0.345. The summed E-state index contributed by atoms with van der Waals surface area (Å²) in [7, 11) is -1.73. The second-order valence-electron chi connectivity index (χ2n) is 7.34. The van der Waals surface area contributed by atoms with E-state index in [1.807, 2.05) is 44.2 Å². The number of carbonyl (C=O) groups is 2. The van der Waals surface area contributed by atoms with Gasteiger partial charge in [-0.2, -0.15) is 0 Å². The average molecular weight is 452 g/mol. The van der Waals surface area contributed by atoms with Crippen LogP contribution in [0, 0.1) is 5.92 Å². The molecule has 1 aromatic heterocycles. The molecule has 7 nitrogen and oxygen atoms in total. The summed E-state index contributed by atoms with van der Waals surface area (Å²) >= 11 is 11.9. The van der Waals surface area contributed by atoms with E-state index in [0.717, 1.165) is 5.56 Å². The molecule has 0 aliphatic rings. The number of benzene rings is 1. The van der Waals surface area contributed by atoms with Gasteiger partial charge in [-0.15, -0.1) is 0 Å². The molecule has 2 aromatic rings. The maximum atomic E-state index is 12.9. The Kier molecular flexibility index (Phi) is 9.11. The molecule has 2 atom stereocenters. The number of nitrogens with zero attached hydrogens (tertiary/aromatic N) is 1. The van der Waals surface area contributed by atoms with E-state index in [-0.39, 0.29) is 28.2 Å². The Balaban J connectivity index is 2.24. The Morgan fingerprint density at radius 2 is 1.73 bits per heavy atom. The van der Waals surface area contributed by atoms with E-state index >= 15 is 0 Å². The lowest BCUT2D eigenvalue weighted by atomic mass is 9.75. The molecule has 160 valence electrons. The van der Waals surface area contributed by atoms with Crippen LogP contribution in [0.4, 0.5) is 0 Å². The first-order chi connectivity index (χ1) is 14.2. The SMILES string of the molecule is CC(C)C[C@H](NC(=O)[C@H](Cc1ccccc1)NC(=O)c1nc(Cl)ccc1Cl)B(O)O. The third-order valence-electron chi connectivity index (χ3n) is 4.34. The third-order valence-corrected chi connectivity index (χ3v) is 4.86. The number of hydrogen-bond donors (Lipinski definition) is 4. The molecular formula is C20H24BCl2N3O4. The van der Waals surface area contributed by atoms with E-state index in [0.29, 0.717) is 6.42 Å². The summed E-state index contributed by atoms with van der Waals surface area (Å²) in [5.41, 5.74) is 0.712. The smallest absolute Gasteiger partial charge is 0.426 e. The Bertz CT molecular complexity index is 868. The molecule has 0 bridgehead atoms. The van der Waals surface area contributed by atoms with Gasteiger partial charge in [-0.3, -0.25) is 9.59 Å². The number of carbonyl (C=O) groups excluding carboxylic acids is 2. The Morgan fingerprint density at radius 1 is 1.07 bits per heavy atom. The minimum Gasteiger partial charge on any atom is -0.426 e. The van der Waals surface area contributed by atoms with E-state index in [9.17, 15) is 19.6 Å². The number of pyridine rings is 1. The molecule has 2 rings (SSSR count). The van der Waals surface area contributed by atoms with Crippen molar-refractivity contribution in [3.63, 3.8) is 0 Å². The van der Waals surface area contributed by atoms with Crippen molar-refractivity contribution >= 4 is 42.1 Å². The summed E-state index contributed by atoms with van der Waals surface area (Å²) in [6.07, 6.45) is 0.545. The Hall–Kier alpha value is -2.13. The van der Waals surface area contributed by atoms with Crippen LogP contribution in [-0.4, -0.2) is 45.9 Å². The van der Waals surface area contributed by atoms with E-state index in [2.05, 4.69) is 15.6 Å². The van der Waals surface area contributed by atoms with Gasteiger partial charge in [-0.1, -0.05) is 67.4 Å². The second kappa shape index (κ2) is 11.3. The number of amides is 2. The van der Waals surface area contributed by atoms with Gasteiger partial charge in [0, 0.05) is 6.42 Å². The van der Waals surface area contributed by atoms with Gasteiger partial charge >= 0.3 is 7.12 Å². The number of aromatic nitrogens is 1. The van der Waals surface area contributed by atoms with Crippen LogP contribution in [0.5, 0.6) is 0 Å². The summed E-state index contributed by atoms with van der Waals surface area (Å²) < 4.78 is 0. The van der Waals surface area contributed by atoms with Crippen molar-refractivity contribution in [2.75, 3.05) is 0 Å². The van der Waals surface area contributed by atoms with Gasteiger partial charge in [0.1, 0.15) is 16.9 Å². The fraction of sp³-hybridized carbons (Fsp3) is 0.350. The lowest BCUT2D eigenvalue weighted by molar-refractivity contribution is -0.123.